The number of benzene rings is 1. The second-order valence-corrected chi connectivity index (χ2v) is 16.9. The molecule has 0 radical (unpaired) electrons. The van der Waals surface area contributed by atoms with E-state index in [0.29, 0.717) is 0 Å². The molecule has 0 heterocycles. The van der Waals surface area contributed by atoms with Crippen LogP contribution in [0.25, 0.3) is 0 Å². The van der Waals surface area contributed by atoms with Gasteiger partial charge in [0.25, 0.3) is 0 Å². The van der Waals surface area contributed by atoms with Gasteiger partial charge in [-0.25, -0.2) is 0 Å². The fourth-order valence-corrected chi connectivity index (χ4v) is 7.24. The first-order chi connectivity index (χ1) is 13.8. The molecule has 1 N–H and O–H groups in total. The average Bonchev–Trinajstić information content (AvgIpc) is 2.97. The topological polar surface area (TPSA) is 12.0 Å². The quantitative estimate of drug-likeness (QED) is 0.205. The van der Waals surface area contributed by atoms with Crippen molar-refractivity contribution >= 4 is 8.07 Å². The van der Waals surface area contributed by atoms with Gasteiger partial charge in [-0.1, -0.05) is 114 Å². The van der Waals surface area contributed by atoms with Crippen molar-refractivity contribution in [3.63, 3.8) is 0 Å². The fraction of sp³-hybridized carbons (Fsp3) is 0.778. The predicted molar refractivity (Wildman–Crippen MR) is 134 cm³/mol. The molecule has 2 unspecified atom stereocenters. The van der Waals surface area contributed by atoms with Crippen molar-refractivity contribution in [2.24, 2.45) is 5.92 Å². The summed E-state index contributed by atoms with van der Waals surface area (Å²) in [6.45, 7) is 10.0. The van der Waals surface area contributed by atoms with Gasteiger partial charge in [0.05, 0.1) is 0 Å². The molecule has 0 aromatic heterocycles. The van der Waals surface area contributed by atoms with E-state index in [1.807, 2.05) is 0 Å². The van der Waals surface area contributed by atoms with E-state index in [1.54, 1.807) is 5.56 Å². The Morgan fingerprint density at radius 2 is 1.62 bits per heavy atom. The molecule has 0 spiro atoms. The highest BCUT2D eigenvalue weighted by atomic mass is 28.3. The second kappa shape index (κ2) is 12.3. The van der Waals surface area contributed by atoms with E-state index >= 15 is 0 Å². The van der Waals surface area contributed by atoms with Crippen molar-refractivity contribution in [3.05, 3.63) is 35.9 Å². The molecule has 1 aliphatic carbocycles. The van der Waals surface area contributed by atoms with E-state index in [4.69, 9.17) is 0 Å². The lowest BCUT2D eigenvalue weighted by atomic mass is 9.84. The van der Waals surface area contributed by atoms with Gasteiger partial charge in [-0.2, -0.15) is 0 Å². The van der Waals surface area contributed by atoms with Crippen LogP contribution in [-0.4, -0.2) is 20.7 Å². The number of hydrogen-bond donors (Lipinski definition) is 1. The molecule has 2 atom stereocenters. The van der Waals surface area contributed by atoms with Gasteiger partial charge in [0.1, 0.15) is 0 Å². The molecule has 166 valence electrons. The van der Waals surface area contributed by atoms with Crippen LogP contribution in [0.1, 0.15) is 95.5 Å². The lowest BCUT2D eigenvalue weighted by Gasteiger charge is -2.33. The normalized spacial score (nSPS) is 19.5. The monoisotopic (exact) mass is 415 g/mol. The van der Waals surface area contributed by atoms with Gasteiger partial charge >= 0.3 is 0 Å². The third kappa shape index (κ3) is 9.83. The maximum Gasteiger partial charge on any atom is 0.0448 e. The van der Waals surface area contributed by atoms with E-state index < -0.39 is 8.07 Å². The molecule has 0 bridgehead atoms. The summed E-state index contributed by atoms with van der Waals surface area (Å²) in [6.07, 6.45) is 17.1. The summed E-state index contributed by atoms with van der Waals surface area (Å²) in [6, 6.07) is 12.7. The molecule has 1 saturated carbocycles. The third-order valence-electron chi connectivity index (χ3n) is 7.34. The van der Waals surface area contributed by atoms with Crippen LogP contribution in [0.5, 0.6) is 0 Å². The molecule has 1 fully saturated rings. The van der Waals surface area contributed by atoms with Crippen molar-refractivity contribution in [2.75, 3.05) is 7.05 Å². The van der Waals surface area contributed by atoms with Crippen LogP contribution in [0.2, 0.25) is 25.7 Å². The van der Waals surface area contributed by atoms with Crippen molar-refractivity contribution < 1.29 is 0 Å². The Morgan fingerprint density at radius 3 is 2.21 bits per heavy atom. The summed E-state index contributed by atoms with van der Waals surface area (Å²) in [7, 11) is 1.10. The highest BCUT2D eigenvalue weighted by Crippen LogP contribution is 2.34. The van der Waals surface area contributed by atoms with Crippen LogP contribution < -0.4 is 5.32 Å². The third-order valence-corrected chi connectivity index (χ3v) is 9.06. The van der Waals surface area contributed by atoms with Crippen molar-refractivity contribution in [3.8, 4) is 0 Å². The zero-order chi connectivity index (χ0) is 21.2. The minimum Gasteiger partial charge on any atom is -0.315 e. The van der Waals surface area contributed by atoms with Gasteiger partial charge < -0.3 is 5.32 Å². The molecule has 1 aliphatic rings. The van der Waals surface area contributed by atoms with Crippen LogP contribution >= 0.6 is 0 Å². The minimum absolute atomic E-state index is 0.288. The first-order valence-electron chi connectivity index (χ1n) is 12.6. The Balaban J connectivity index is 1.83. The second-order valence-electron chi connectivity index (χ2n) is 11.3. The summed E-state index contributed by atoms with van der Waals surface area (Å²) < 4.78 is 0. The molecule has 2 rings (SSSR count). The molecule has 29 heavy (non-hydrogen) atoms. The van der Waals surface area contributed by atoms with E-state index in [9.17, 15) is 0 Å². The molecular formula is C27H49NSi. The fourth-order valence-electron chi connectivity index (χ4n) is 5.32. The van der Waals surface area contributed by atoms with Gasteiger partial charge in [-0.05, 0) is 50.6 Å². The maximum absolute atomic E-state index is 3.71. The molecular weight excluding hydrogens is 366 g/mol. The summed E-state index contributed by atoms with van der Waals surface area (Å²) >= 11 is 0. The summed E-state index contributed by atoms with van der Waals surface area (Å²) in [5.41, 5.74) is 1.84. The summed E-state index contributed by atoms with van der Waals surface area (Å²) in [5.74, 6) is 1.75. The van der Waals surface area contributed by atoms with Gasteiger partial charge in [-0.15, -0.1) is 0 Å². The first kappa shape index (κ1) is 24.7. The largest absolute Gasteiger partial charge is 0.315 e. The minimum atomic E-state index is -1.08. The van der Waals surface area contributed by atoms with Crippen LogP contribution in [0.15, 0.2) is 30.3 Å². The van der Waals surface area contributed by atoms with E-state index in [0.717, 1.165) is 11.8 Å². The highest BCUT2D eigenvalue weighted by Gasteiger charge is 2.27. The molecule has 0 saturated heterocycles. The molecule has 1 nitrogen and oxygen atoms in total. The van der Waals surface area contributed by atoms with Crippen LogP contribution in [0.4, 0.5) is 0 Å². The van der Waals surface area contributed by atoms with Gasteiger partial charge in [-0.3, -0.25) is 0 Å². The van der Waals surface area contributed by atoms with Crippen LogP contribution in [0.3, 0.4) is 0 Å². The Labute approximate surface area is 183 Å². The Kier molecular flexibility index (Phi) is 10.5. The zero-order valence-electron chi connectivity index (χ0n) is 20.2. The summed E-state index contributed by atoms with van der Waals surface area (Å²) in [4.78, 5) is 0. The maximum atomic E-state index is 3.71. The first-order valence-corrected chi connectivity index (χ1v) is 16.3. The predicted octanol–water partition coefficient (Wildman–Crippen LogP) is 8.40. The molecule has 0 aliphatic heterocycles. The zero-order valence-corrected chi connectivity index (χ0v) is 21.2. The number of hydrogen-bond acceptors (Lipinski definition) is 1. The van der Waals surface area contributed by atoms with Crippen molar-refractivity contribution in [1.29, 1.82) is 0 Å². The van der Waals surface area contributed by atoms with Gasteiger partial charge in [0.2, 0.25) is 0 Å². The highest BCUT2D eigenvalue weighted by molar-refractivity contribution is 6.76. The lowest BCUT2D eigenvalue weighted by molar-refractivity contribution is 0.297. The number of rotatable bonds is 12. The Bertz CT molecular complexity index is 541. The number of nitrogens with one attached hydrogen (secondary N) is 1. The van der Waals surface area contributed by atoms with Crippen LogP contribution in [-0.2, 0) is 0 Å². The Morgan fingerprint density at radius 1 is 0.966 bits per heavy atom. The molecule has 1 aromatic carbocycles. The van der Waals surface area contributed by atoms with Crippen LogP contribution in [0, 0.1) is 5.92 Å². The summed E-state index contributed by atoms with van der Waals surface area (Å²) in [5, 5.41) is 3.71. The number of unbranched alkanes of at least 4 members (excludes halogenated alkanes) is 1. The lowest BCUT2D eigenvalue weighted by Crippen LogP contribution is -2.40. The van der Waals surface area contributed by atoms with Gasteiger partial charge in [0, 0.05) is 13.6 Å². The Hall–Kier alpha value is -0.603. The molecule has 0 amide bonds. The van der Waals surface area contributed by atoms with E-state index in [1.165, 1.54) is 83.1 Å². The van der Waals surface area contributed by atoms with Crippen molar-refractivity contribution in [2.45, 2.75) is 121 Å². The molecule has 1 aromatic rings. The standard InChI is InChI=1S/C27H49NSi/c1-27(28-2,21-14-13-17-24-15-9-6-7-10-16-24)22-20-26(23-29(3,4)5)25-18-11-8-12-19-25/h8,11-12,18-19,24,26,28H,6-7,9-10,13-17,20-23H2,1-5H3. The van der Waals surface area contributed by atoms with Gasteiger partial charge in [0.15, 0.2) is 0 Å². The van der Waals surface area contributed by atoms with E-state index in [2.05, 4.69) is 69.3 Å². The molecule has 2 heteroatoms. The smallest absolute Gasteiger partial charge is 0.0448 e. The van der Waals surface area contributed by atoms with Crippen molar-refractivity contribution in [1.82, 2.24) is 5.32 Å². The average molecular weight is 416 g/mol. The van der Waals surface area contributed by atoms with E-state index in [-0.39, 0.29) is 5.54 Å². The SMILES string of the molecule is CNC(C)(CCCCC1CCCCCC1)CCC(C[Si](C)(C)C)c1ccccc1.